The van der Waals surface area contributed by atoms with Crippen LogP contribution in [0, 0.1) is 29.4 Å². The molecule has 2 heterocycles. The second kappa shape index (κ2) is 24.9. The summed E-state index contributed by atoms with van der Waals surface area (Å²) in [6.45, 7) is 10.5. The van der Waals surface area contributed by atoms with Crippen LogP contribution in [0.5, 0.6) is 0 Å². The van der Waals surface area contributed by atoms with Crippen LogP contribution in [0.25, 0.3) is 11.1 Å². The first-order valence-corrected chi connectivity index (χ1v) is 24.6. The van der Waals surface area contributed by atoms with Crippen molar-refractivity contribution < 1.29 is 18.3 Å². The summed E-state index contributed by atoms with van der Waals surface area (Å²) < 4.78 is 41.5. The minimum atomic E-state index is -0.0889. The Kier molecular flexibility index (Phi) is 20.1. The largest absolute Gasteiger partial charge is 0.352 e. The van der Waals surface area contributed by atoms with E-state index in [2.05, 4.69) is 80.7 Å². The first-order chi connectivity index (χ1) is 27.4. The molecule has 6 rings (SSSR count). The second-order valence-electron chi connectivity index (χ2n) is 16.8. The number of thioether (sulfide) groups is 2. The van der Waals surface area contributed by atoms with Gasteiger partial charge in [-0.25, -0.2) is 8.78 Å². The van der Waals surface area contributed by atoms with E-state index in [-0.39, 0.29) is 17.9 Å². The van der Waals surface area contributed by atoms with E-state index in [4.69, 9.17) is 9.47 Å². The standard InChI is InChI=1S/C27H37FS2.C23H35FO2/c1-3-5-7-8-9-11-21-12-17-25(26(28)18-21)23-13-15-24(16-14-23)27-29-19-22(20-30-27)10-6-4-2;1-3-5-6-7-17-15-25-23(26-16-17)20-11-9-19(10-12-20)21-13-8-18(4-2)22(24)14-21/h12-18,22,27H,3-11,19-20H2,1-2H3;8,13-14,17,19-20,23H,3-7,9-12,15-16H2,1-2H3/t;17?,19-,20-,23?. The molecule has 0 unspecified atom stereocenters. The van der Waals surface area contributed by atoms with Gasteiger partial charge in [-0.1, -0.05) is 134 Å². The van der Waals surface area contributed by atoms with Gasteiger partial charge in [0.15, 0.2) is 6.29 Å². The van der Waals surface area contributed by atoms with Crippen molar-refractivity contribution in [2.24, 2.45) is 17.8 Å². The maximum Gasteiger partial charge on any atom is 0.160 e. The highest BCUT2D eigenvalue weighted by Crippen LogP contribution is 2.47. The number of halogens is 2. The number of ether oxygens (including phenoxy) is 2. The fourth-order valence-electron chi connectivity index (χ4n) is 8.60. The number of hydrogen-bond acceptors (Lipinski definition) is 4. The molecule has 1 saturated carbocycles. The Hall–Kier alpha value is -1.86. The Bertz CT molecular complexity index is 1520. The monoisotopic (exact) mass is 806 g/mol. The maximum atomic E-state index is 14.8. The van der Waals surface area contributed by atoms with Crippen molar-refractivity contribution in [3.05, 3.63) is 94.6 Å². The van der Waals surface area contributed by atoms with Crippen LogP contribution < -0.4 is 0 Å². The smallest absolute Gasteiger partial charge is 0.160 e. The van der Waals surface area contributed by atoms with Gasteiger partial charge < -0.3 is 9.47 Å². The molecule has 3 fully saturated rings. The van der Waals surface area contributed by atoms with E-state index in [1.165, 1.54) is 93.3 Å². The van der Waals surface area contributed by atoms with Crippen molar-refractivity contribution >= 4 is 23.5 Å². The summed E-state index contributed by atoms with van der Waals surface area (Å²) in [5, 5.41) is 0. The summed E-state index contributed by atoms with van der Waals surface area (Å²) in [5.41, 5.74) is 6.18. The average molecular weight is 807 g/mol. The Balaban J connectivity index is 0.000000216. The molecule has 56 heavy (non-hydrogen) atoms. The van der Waals surface area contributed by atoms with Crippen molar-refractivity contribution in [3.63, 3.8) is 0 Å². The molecule has 2 nitrogen and oxygen atoms in total. The van der Waals surface area contributed by atoms with Gasteiger partial charge in [-0.3, -0.25) is 0 Å². The van der Waals surface area contributed by atoms with Gasteiger partial charge in [-0.2, -0.15) is 0 Å². The van der Waals surface area contributed by atoms with Crippen molar-refractivity contribution in [2.45, 2.75) is 160 Å². The molecule has 0 spiro atoms. The highest BCUT2D eigenvalue weighted by atomic mass is 32.2. The molecule has 0 amide bonds. The molecular weight excluding hydrogens is 735 g/mol. The van der Waals surface area contributed by atoms with Crippen molar-refractivity contribution in [2.75, 3.05) is 24.7 Å². The van der Waals surface area contributed by atoms with E-state index in [1.54, 1.807) is 12.1 Å². The van der Waals surface area contributed by atoms with Gasteiger partial charge >= 0.3 is 0 Å². The Morgan fingerprint density at radius 2 is 1.25 bits per heavy atom. The third-order valence-electron chi connectivity index (χ3n) is 12.3. The lowest BCUT2D eigenvalue weighted by atomic mass is 9.78. The summed E-state index contributed by atoms with van der Waals surface area (Å²) in [4.78, 5) is 0. The van der Waals surface area contributed by atoms with Gasteiger partial charge in [-0.05, 0) is 121 Å². The van der Waals surface area contributed by atoms with E-state index >= 15 is 0 Å². The quantitative estimate of drug-likeness (QED) is 0.119. The number of hydrogen-bond donors (Lipinski definition) is 0. The van der Waals surface area contributed by atoms with Crippen LogP contribution in [0.3, 0.4) is 0 Å². The lowest BCUT2D eigenvalue weighted by molar-refractivity contribution is -0.229. The van der Waals surface area contributed by atoms with Crippen LogP contribution in [0.1, 0.15) is 163 Å². The zero-order valence-corrected chi connectivity index (χ0v) is 36.8. The first kappa shape index (κ1) is 45.2. The highest BCUT2D eigenvalue weighted by molar-refractivity contribution is 8.16. The second-order valence-corrected chi connectivity index (χ2v) is 19.4. The zero-order valence-electron chi connectivity index (χ0n) is 35.2. The summed E-state index contributed by atoms with van der Waals surface area (Å²) in [5.74, 6) is 4.85. The molecule has 3 aromatic carbocycles. The molecule has 0 N–H and O–H groups in total. The topological polar surface area (TPSA) is 18.5 Å². The van der Waals surface area contributed by atoms with Crippen LogP contribution in [0.15, 0.2) is 60.7 Å². The third kappa shape index (κ3) is 14.2. The molecule has 0 atom stereocenters. The van der Waals surface area contributed by atoms with Gasteiger partial charge in [0.25, 0.3) is 0 Å². The molecule has 1 aliphatic carbocycles. The zero-order chi connectivity index (χ0) is 39.5. The third-order valence-corrected chi connectivity index (χ3v) is 15.6. The van der Waals surface area contributed by atoms with Gasteiger partial charge in [-0.15, -0.1) is 23.5 Å². The Morgan fingerprint density at radius 1 is 0.607 bits per heavy atom. The van der Waals surface area contributed by atoms with Crippen molar-refractivity contribution in [1.82, 2.24) is 0 Å². The minimum Gasteiger partial charge on any atom is -0.352 e. The molecule has 2 saturated heterocycles. The fourth-order valence-corrected chi connectivity index (χ4v) is 11.8. The molecule has 310 valence electrons. The normalized spacial score (nSPS) is 24.0. The summed E-state index contributed by atoms with van der Waals surface area (Å²) >= 11 is 4.17. The highest BCUT2D eigenvalue weighted by Gasteiger charge is 2.33. The van der Waals surface area contributed by atoms with Gasteiger partial charge in [0, 0.05) is 17.4 Å². The molecular formula is C50H72F2O2S2. The van der Waals surface area contributed by atoms with Gasteiger partial charge in [0.1, 0.15) is 11.6 Å². The lowest BCUT2D eigenvalue weighted by Gasteiger charge is -2.37. The van der Waals surface area contributed by atoms with E-state index in [0.29, 0.717) is 22.3 Å². The predicted octanol–water partition coefficient (Wildman–Crippen LogP) is 15.5. The first-order valence-electron chi connectivity index (χ1n) is 22.6. The molecule has 3 aliphatic rings. The SMILES string of the molecule is CCCCCC1COC([C@H]2CC[C@H](c3ccc(CC)c(F)c3)CC2)OC1.CCCCCCCc1ccc(-c2ccc(C3SCC(CCCC)CS3)cc2)c(F)c1. The van der Waals surface area contributed by atoms with E-state index in [1.807, 2.05) is 19.1 Å². The van der Waals surface area contributed by atoms with Crippen molar-refractivity contribution in [1.29, 1.82) is 0 Å². The number of aryl methyl sites for hydroxylation is 2. The fraction of sp³-hybridized carbons (Fsp3) is 0.640. The van der Waals surface area contributed by atoms with Gasteiger partial charge in [0.2, 0.25) is 0 Å². The minimum absolute atomic E-state index is 0.0161. The Labute approximate surface area is 348 Å². The molecule has 3 aromatic rings. The van der Waals surface area contributed by atoms with Crippen LogP contribution in [-0.2, 0) is 22.3 Å². The van der Waals surface area contributed by atoms with Crippen LogP contribution >= 0.6 is 23.5 Å². The predicted molar refractivity (Wildman–Crippen MR) is 239 cm³/mol. The number of benzene rings is 3. The molecule has 0 bridgehead atoms. The van der Waals surface area contributed by atoms with Gasteiger partial charge in [0.05, 0.1) is 17.8 Å². The summed E-state index contributed by atoms with van der Waals surface area (Å²) in [7, 11) is 0. The van der Waals surface area contributed by atoms with Crippen LogP contribution in [0.4, 0.5) is 8.78 Å². The van der Waals surface area contributed by atoms with E-state index in [9.17, 15) is 8.78 Å². The maximum absolute atomic E-state index is 14.8. The van der Waals surface area contributed by atoms with Crippen LogP contribution in [0.2, 0.25) is 0 Å². The molecule has 0 aromatic heterocycles. The lowest BCUT2D eigenvalue weighted by Crippen LogP contribution is -2.38. The summed E-state index contributed by atoms with van der Waals surface area (Å²) in [6, 6.07) is 20.3. The van der Waals surface area contributed by atoms with Crippen LogP contribution in [-0.4, -0.2) is 31.0 Å². The molecule has 6 heteroatoms. The number of unbranched alkanes of at least 4 members (excludes halogenated alkanes) is 7. The van der Waals surface area contributed by atoms with E-state index < -0.39 is 0 Å². The molecule has 2 aliphatic heterocycles. The summed E-state index contributed by atoms with van der Waals surface area (Å²) in [6.07, 6.45) is 21.6. The number of rotatable bonds is 18. The Morgan fingerprint density at radius 3 is 1.89 bits per heavy atom. The van der Waals surface area contributed by atoms with Crippen molar-refractivity contribution in [3.8, 4) is 11.1 Å². The molecule has 0 radical (unpaired) electrons. The average Bonchev–Trinajstić information content (AvgIpc) is 3.24. The van der Waals surface area contributed by atoms with E-state index in [0.717, 1.165) is 86.3 Å².